The molecule has 1 N–H and O–H groups in total. The number of benzene rings is 2. The summed E-state index contributed by atoms with van der Waals surface area (Å²) in [5.41, 5.74) is 4.92. The Morgan fingerprint density at radius 3 is 2.71 bits per heavy atom. The summed E-state index contributed by atoms with van der Waals surface area (Å²) in [5.74, 6) is 0.0978. The van der Waals surface area contributed by atoms with E-state index in [9.17, 15) is 9.59 Å². The van der Waals surface area contributed by atoms with E-state index in [1.807, 2.05) is 50.2 Å². The third kappa shape index (κ3) is 3.65. The van der Waals surface area contributed by atoms with Crippen molar-refractivity contribution in [1.82, 2.24) is 0 Å². The number of aryl methyl sites for hydroxylation is 2. The van der Waals surface area contributed by atoms with Gasteiger partial charge in [-0.25, -0.2) is 0 Å². The van der Waals surface area contributed by atoms with Crippen LogP contribution in [0.3, 0.4) is 0 Å². The van der Waals surface area contributed by atoms with Crippen molar-refractivity contribution < 1.29 is 9.59 Å². The van der Waals surface area contributed by atoms with Gasteiger partial charge >= 0.3 is 0 Å². The van der Waals surface area contributed by atoms with Gasteiger partial charge in [0, 0.05) is 24.3 Å². The molecule has 24 heavy (non-hydrogen) atoms. The molecule has 0 bridgehead atoms. The minimum Gasteiger partial charge on any atom is -0.326 e. The van der Waals surface area contributed by atoms with Crippen LogP contribution in [0.4, 0.5) is 11.4 Å². The fourth-order valence-corrected chi connectivity index (χ4v) is 3.10. The van der Waals surface area contributed by atoms with Crippen LogP contribution in [0.15, 0.2) is 42.5 Å². The van der Waals surface area contributed by atoms with E-state index in [2.05, 4.69) is 11.4 Å². The molecule has 0 aromatic heterocycles. The molecular formula is C20H22N2O2. The summed E-state index contributed by atoms with van der Waals surface area (Å²) in [6.07, 6.45) is 1.84. The van der Waals surface area contributed by atoms with Gasteiger partial charge in [-0.3, -0.25) is 9.59 Å². The quantitative estimate of drug-likeness (QED) is 0.935. The van der Waals surface area contributed by atoms with E-state index < -0.39 is 0 Å². The van der Waals surface area contributed by atoms with Crippen molar-refractivity contribution in [2.24, 2.45) is 0 Å². The van der Waals surface area contributed by atoms with Crippen molar-refractivity contribution >= 4 is 23.2 Å². The summed E-state index contributed by atoms with van der Waals surface area (Å²) in [4.78, 5) is 26.0. The highest BCUT2D eigenvalue weighted by molar-refractivity contribution is 5.97. The third-order valence-corrected chi connectivity index (χ3v) is 4.36. The topological polar surface area (TPSA) is 49.4 Å². The molecule has 1 heterocycles. The second kappa shape index (κ2) is 6.87. The van der Waals surface area contributed by atoms with Crippen LogP contribution >= 0.6 is 0 Å². The molecule has 1 aliphatic rings. The molecule has 3 rings (SSSR count). The predicted octanol–water partition coefficient (Wildman–Crippen LogP) is 3.61. The fourth-order valence-electron chi connectivity index (χ4n) is 3.10. The van der Waals surface area contributed by atoms with Gasteiger partial charge in [0.1, 0.15) is 0 Å². The zero-order valence-corrected chi connectivity index (χ0v) is 14.1. The van der Waals surface area contributed by atoms with E-state index in [0.717, 1.165) is 35.5 Å². The average Bonchev–Trinajstić information content (AvgIpc) is 2.96. The summed E-state index contributed by atoms with van der Waals surface area (Å²) in [6.45, 7) is 4.82. The first-order chi connectivity index (χ1) is 11.5. The number of nitrogens with zero attached hydrogens (tertiary/aromatic N) is 1. The van der Waals surface area contributed by atoms with Crippen molar-refractivity contribution in [2.75, 3.05) is 16.8 Å². The first kappa shape index (κ1) is 16.2. The standard InChI is InChI=1S/C20H22N2O2/c1-14-8-9-16(15(2)11-14)12-19(23)21-17-5-3-6-18(13-17)22-10-4-7-20(22)24/h3,5-6,8-9,11,13H,4,7,10,12H2,1-2H3,(H,21,23). The van der Waals surface area contributed by atoms with Crippen LogP contribution in [0.2, 0.25) is 0 Å². The van der Waals surface area contributed by atoms with E-state index in [1.54, 1.807) is 4.90 Å². The maximum Gasteiger partial charge on any atom is 0.228 e. The van der Waals surface area contributed by atoms with Crippen LogP contribution < -0.4 is 10.2 Å². The van der Waals surface area contributed by atoms with Gasteiger partial charge in [0.15, 0.2) is 0 Å². The molecule has 2 aromatic rings. The summed E-state index contributed by atoms with van der Waals surface area (Å²) in [5, 5.41) is 2.93. The Labute approximate surface area is 142 Å². The molecule has 0 saturated carbocycles. The molecule has 1 aliphatic heterocycles. The van der Waals surface area contributed by atoms with Gasteiger partial charge in [0.05, 0.1) is 6.42 Å². The number of carbonyl (C=O) groups is 2. The van der Waals surface area contributed by atoms with Gasteiger partial charge in [0.25, 0.3) is 0 Å². The Kier molecular flexibility index (Phi) is 4.65. The molecule has 0 spiro atoms. The van der Waals surface area contributed by atoms with Gasteiger partial charge in [-0.15, -0.1) is 0 Å². The summed E-state index contributed by atoms with van der Waals surface area (Å²) < 4.78 is 0. The highest BCUT2D eigenvalue weighted by atomic mass is 16.2. The van der Waals surface area contributed by atoms with Gasteiger partial charge in [-0.05, 0) is 49.6 Å². The SMILES string of the molecule is Cc1ccc(CC(=O)Nc2cccc(N3CCCC3=O)c2)c(C)c1. The highest BCUT2D eigenvalue weighted by Crippen LogP contribution is 2.24. The average molecular weight is 322 g/mol. The molecule has 2 aromatic carbocycles. The summed E-state index contributed by atoms with van der Waals surface area (Å²) in [7, 11) is 0. The maximum absolute atomic E-state index is 12.3. The normalized spacial score (nSPS) is 14.1. The van der Waals surface area contributed by atoms with Gasteiger partial charge in [0.2, 0.25) is 11.8 Å². The Balaban J connectivity index is 1.69. The highest BCUT2D eigenvalue weighted by Gasteiger charge is 2.21. The van der Waals surface area contributed by atoms with E-state index in [0.29, 0.717) is 12.8 Å². The Hall–Kier alpha value is -2.62. The lowest BCUT2D eigenvalue weighted by Gasteiger charge is -2.17. The van der Waals surface area contributed by atoms with E-state index in [-0.39, 0.29) is 11.8 Å². The van der Waals surface area contributed by atoms with Crippen LogP contribution in [0, 0.1) is 13.8 Å². The Bertz CT molecular complexity index is 783. The largest absolute Gasteiger partial charge is 0.326 e. The number of hydrogen-bond acceptors (Lipinski definition) is 2. The molecule has 2 amide bonds. The van der Waals surface area contributed by atoms with Crippen molar-refractivity contribution in [2.45, 2.75) is 33.1 Å². The maximum atomic E-state index is 12.3. The molecule has 0 unspecified atom stereocenters. The van der Waals surface area contributed by atoms with E-state index >= 15 is 0 Å². The Morgan fingerprint density at radius 2 is 2.00 bits per heavy atom. The second-order valence-electron chi connectivity index (χ2n) is 6.35. The molecule has 0 aliphatic carbocycles. The lowest BCUT2D eigenvalue weighted by atomic mass is 10.0. The van der Waals surface area contributed by atoms with Crippen molar-refractivity contribution in [3.8, 4) is 0 Å². The first-order valence-corrected chi connectivity index (χ1v) is 8.29. The second-order valence-corrected chi connectivity index (χ2v) is 6.35. The predicted molar refractivity (Wildman–Crippen MR) is 96.3 cm³/mol. The van der Waals surface area contributed by atoms with Gasteiger partial charge < -0.3 is 10.2 Å². The van der Waals surface area contributed by atoms with Crippen LogP contribution in [0.1, 0.15) is 29.5 Å². The van der Waals surface area contributed by atoms with Crippen LogP contribution in [-0.4, -0.2) is 18.4 Å². The van der Waals surface area contributed by atoms with Crippen LogP contribution in [0.25, 0.3) is 0 Å². The van der Waals surface area contributed by atoms with Crippen LogP contribution in [0.5, 0.6) is 0 Å². The number of rotatable bonds is 4. The molecule has 4 nitrogen and oxygen atoms in total. The number of anilines is 2. The van der Waals surface area contributed by atoms with E-state index in [1.165, 1.54) is 5.56 Å². The minimum absolute atomic E-state index is 0.0492. The lowest BCUT2D eigenvalue weighted by molar-refractivity contribution is -0.117. The van der Waals surface area contributed by atoms with Crippen LogP contribution in [-0.2, 0) is 16.0 Å². The molecule has 124 valence electrons. The van der Waals surface area contributed by atoms with Gasteiger partial charge in [-0.1, -0.05) is 29.8 Å². The molecule has 0 atom stereocenters. The van der Waals surface area contributed by atoms with Crippen molar-refractivity contribution in [1.29, 1.82) is 0 Å². The third-order valence-electron chi connectivity index (χ3n) is 4.36. The fraction of sp³-hybridized carbons (Fsp3) is 0.300. The molecule has 4 heteroatoms. The number of hydrogen-bond donors (Lipinski definition) is 1. The van der Waals surface area contributed by atoms with E-state index in [4.69, 9.17) is 0 Å². The lowest BCUT2D eigenvalue weighted by Crippen LogP contribution is -2.23. The Morgan fingerprint density at radius 1 is 1.17 bits per heavy atom. The molecule has 1 saturated heterocycles. The molecule has 0 radical (unpaired) electrons. The number of nitrogens with one attached hydrogen (secondary N) is 1. The summed E-state index contributed by atoms with van der Waals surface area (Å²) in [6, 6.07) is 13.6. The summed E-state index contributed by atoms with van der Waals surface area (Å²) >= 11 is 0. The molecule has 1 fully saturated rings. The van der Waals surface area contributed by atoms with Crippen molar-refractivity contribution in [3.63, 3.8) is 0 Å². The van der Waals surface area contributed by atoms with Gasteiger partial charge in [-0.2, -0.15) is 0 Å². The zero-order chi connectivity index (χ0) is 17.1. The molecular weight excluding hydrogens is 300 g/mol. The smallest absolute Gasteiger partial charge is 0.228 e. The number of amides is 2. The number of carbonyl (C=O) groups excluding carboxylic acids is 2. The monoisotopic (exact) mass is 322 g/mol. The van der Waals surface area contributed by atoms with Crippen molar-refractivity contribution in [3.05, 3.63) is 59.2 Å². The minimum atomic E-state index is -0.0492. The zero-order valence-electron chi connectivity index (χ0n) is 14.1. The first-order valence-electron chi connectivity index (χ1n) is 8.29.